The van der Waals surface area contributed by atoms with Crippen molar-refractivity contribution in [2.24, 2.45) is 11.8 Å². The van der Waals surface area contributed by atoms with E-state index in [-0.39, 0.29) is 18.2 Å². The second-order valence-corrected chi connectivity index (χ2v) is 7.63. The molecule has 27 heavy (non-hydrogen) atoms. The van der Waals surface area contributed by atoms with E-state index in [4.69, 9.17) is 16.3 Å². The Bertz CT molecular complexity index is 660. The van der Waals surface area contributed by atoms with Crippen LogP contribution in [0, 0.1) is 18.8 Å². The first kappa shape index (κ1) is 21.5. The molecule has 1 fully saturated rings. The third kappa shape index (κ3) is 6.70. The molecule has 0 radical (unpaired) electrons. The SMILES string of the molecule is COc1cc(Cl)c(C)cc1NC(=O)CCNC(=O)CC(C)C1CCNCC1. The standard InChI is InChI=1S/C20H30ClN3O3/c1-13(15-4-7-22-8-5-15)11-20(26)23-9-6-19(25)24-17-10-14(2)16(21)12-18(17)27-3/h10,12-13,15,22H,4-9,11H2,1-3H3,(H,23,26)(H,24,25). The normalized spacial score (nSPS) is 15.9. The first-order valence-electron chi connectivity index (χ1n) is 9.52. The number of ether oxygens (including phenoxy) is 1. The van der Waals surface area contributed by atoms with Crippen molar-refractivity contribution in [1.82, 2.24) is 10.6 Å². The molecule has 6 nitrogen and oxygen atoms in total. The van der Waals surface area contributed by atoms with E-state index >= 15 is 0 Å². The van der Waals surface area contributed by atoms with Crippen LogP contribution in [0.2, 0.25) is 5.02 Å². The van der Waals surface area contributed by atoms with Gasteiger partial charge in [0.2, 0.25) is 11.8 Å². The van der Waals surface area contributed by atoms with Crippen LogP contribution in [0.15, 0.2) is 12.1 Å². The number of benzene rings is 1. The molecule has 1 aromatic carbocycles. The van der Waals surface area contributed by atoms with E-state index in [9.17, 15) is 9.59 Å². The second kappa shape index (κ2) is 10.5. The van der Waals surface area contributed by atoms with Gasteiger partial charge in [-0.15, -0.1) is 0 Å². The minimum Gasteiger partial charge on any atom is -0.495 e. The number of amides is 2. The zero-order valence-corrected chi connectivity index (χ0v) is 17.1. The minimum atomic E-state index is -0.179. The van der Waals surface area contributed by atoms with Crippen molar-refractivity contribution >= 4 is 29.1 Å². The summed E-state index contributed by atoms with van der Waals surface area (Å²) in [5.41, 5.74) is 1.43. The Balaban J connectivity index is 1.74. The number of aryl methyl sites for hydroxylation is 1. The maximum Gasteiger partial charge on any atom is 0.226 e. The number of halogens is 1. The lowest BCUT2D eigenvalue weighted by Crippen LogP contribution is -2.34. The molecule has 3 N–H and O–H groups in total. The molecular formula is C20H30ClN3O3. The molecule has 1 atom stereocenters. The highest BCUT2D eigenvalue weighted by molar-refractivity contribution is 6.31. The molecule has 1 aromatic rings. The molecule has 1 saturated heterocycles. The molecule has 2 rings (SSSR count). The topological polar surface area (TPSA) is 79.5 Å². The number of hydrogen-bond donors (Lipinski definition) is 3. The number of carbonyl (C=O) groups is 2. The van der Waals surface area contributed by atoms with Crippen LogP contribution in [0.25, 0.3) is 0 Å². The highest BCUT2D eigenvalue weighted by atomic mass is 35.5. The summed E-state index contributed by atoms with van der Waals surface area (Å²) in [4.78, 5) is 24.3. The predicted molar refractivity (Wildman–Crippen MR) is 108 cm³/mol. The lowest BCUT2D eigenvalue weighted by Gasteiger charge is -2.27. The summed E-state index contributed by atoms with van der Waals surface area (Å²) in [5.74, 6) is 1.30. The van der Waals surface area contributed by atoms with Crippen LogP contribution in [0.4, 0.5) is 5.69 Å². The first-order chi connectivity index (χ1) is 12.9. The van der Waals surface area contributed by atoms with Gasteiger partial charge in [-0.1, -0.05) is 18.5 Å². The largest absolute Gasteiger partial charge is 0.495 e. The molecule has 1 aliphatic rings. The zero-order chi connectivity index (χ0) is 19.8. The lowest BCUT2D eigenvalue weighted by molar-refractivity contribution is -0.122. The second-order valence-electron chi connectivity index (χ2n) is 7.22. The molecule has 0 spiro atoms. The Morgan fingerprint density at radius 1 is 1.30 bits per heavy atom. The highest BCUT2D eigenvalue weighted by Crippen LogP contribution is 2.31. The summed E-state index contributed by atoms with van der Waals surface area (Å²) in [5, 5.41) is 9.59. The van der Waals surface area contributed by atoms with E-state index in [1.165, 1.54) is 7.11 Å². The number of methoxy groups -OCH3 is 1. The third-order valence-electron chi connectivity index (χ3n) is 5.12. The molecule has 1 unspecified atom stereocenters. The van der Waals surface area contributed by atoms with Crippen LogP contribution in [-0.2, 0) is 9.59 Å². The van der Waals surface area contributed by atoms with E-state index in [0.717, 1.165) is 31.5 Å². The number of hydrogen-bond acceptors (Lipinski definition) is 4. The van der Waals surface area contributed by atoms with Gasteiger partial charge in [-0.05, 0) is 56.3 Å². The fourth-order valence-corrected chi connectivity index (χ4v) is 3.56. The highest BCUT2D eigenvalue weighted by Gasteiger charge is 2.22. The number of rotatable bonds is 8. The van der Waals surface area contributed by atoms with E-state index in [2.05, 4.69) is 22.9 Å². The molecule has 0 aliphatic carbocycles. The van der Waals surface area contributed by atoms with Crippen molar-refractivity contribution in [1.29, 1.82) is 0 Å². The molecule has 0 saturated carbocycles. The van der Waals surface area contributed by atoms with Crippen molar-refractivity contribution < 1.29 is 14.3 Å². The van der Waals surface area contributed by atoms with E-state index < -0.39 is 0 Å². The quantitative estimate of drug-likeness (QED) is 0.631. The number of carbonyl (C=O) groups excluding carboxylic acids is 2. The molecule has 7 heteroatoms. The Morgan fingerprint density at radius 2 is 2.00 bits per heavy atom. The summed E-state index contributed by atoms with van der Waals surface area (Å²) < 4.78 is 5.25. The van der Waals surface area contributed by atoms with Gasteiger partial charge in [-0.25, -0.2) is 0 Å². The van der Waals surface area contributed by atoms with Gasteiger partial charge in [0.15, 0.2) is 0 Å². The average molecular weight is 396 g/mol. The smallest absolute Gasteiger partial charge is 0.226 e. The van der Waals surface area contributed by atoms with Crippen LogP contribution < -0.4 is 20.7 Å². The molecular weight excluding hydrogens is 366 g/mol. The van der Waals surface area contributed by atoms with Crippen molar-refractivity contribution in [3.8, 4) is 5.75 Å². The maximum absolute atomic E-state index is 12.2. The van der Waals surface area contributed by atoms with E-state index in [0.29, 0.717) is 41.3 Å². The summed E-state index contributed by atoms with van der Waals surface area (Å²) >= 11 is 6.07. The first-order valence-corrected chi connectivity index (χ1v) is 9.90. The van der Waals surface area contributed by atoms with Gasteiger partial charge in [0.25, 0.3) is 0 Å². The third-order valence-corrected chi connectivity index (χ3v) is 5.53. The van der Waals surface area contributed by atoms with Crippen LogP contribution in [-0.4, -0.2) is 38.6 Å². The Kier molecular flexibility index (Phi) is 8.38. The molecule has 1 aliphatic heterocycles. The molecule has 150 valence electrons. The van der Waals surface area contributed by atoms with E-state index in [1.807, 2.05) is 6.92 Å². The summed E-state index contributed by atoms with van der Waals surface area (Å²) in [7, 11) is 1.53. The minimum absolute atomic E-state index is 0.00810. The lowest BCUT2D eigenvalue weighted by atomic mass is 9.84. The predicted octanol–water partition coefficient (Wildman–Crippen LogP) is 3.13. The summed E-state index contributed by atoms with van der Waals surface area (Å²) in [6.07, 6.45) is 2.97. The molecule has 0 bridgehead atoms. The number of nitrogens with one attached hydrogen (secondary N) is 3. The summed E-state index contributed by atoms with van der Waals surface area (Å²) in [6, 6.07) is 3.45. The maximum atomic E-state index is 12.2. The molecule has 2 amide bonds. The Labute approximate surface area is 166 Å². The van der Waals surface area contributed by atoms with Crippen LogP contribution in [0.1, 0.15) is 38.2 Å². The Hall–Kier alpha value is -1.79. The van der Waals surface area contributed by atoms with Crippen molar-refractivity contribution in [2.75, 3.05) is 32.1 Å². The van der Waals surface area contributed by atoms with Crippen LogP contribution in [0.5, 0.6) is 5.75 Å². The average Bonchev–Trinajstić information content (AvgIpc) is 2.65. The van der Waals surface area contributed by atoms with Gasteiger partial charge < -0.3 is 20.7 Å². The number of anilines is 1. The van der Waals surface area contributed by atoms with Crippen molar-refractivity contribution in [3.63, 3.8) is 0 Å². The van der Waals surface area contributed by atoms with E-state index in [1.54, 1.807) is 12.1 Å². The van der Waals surface area contributed by atoms with Crippen LogP contribution >= 0.6 is 11.6 Å². The van der Waals surface area contributed by atoms with Gasteiger partial charge in [-0.2, -0.15) is 0 Å². The number of piperidine rings is 1. The van der Waals surface area contributed by atoms with Gasteiger partial charge in [0, 0.05) is 30.5 Å². The van der Waals surface area contributed by atoms with Gasteiger partial charge in [0.05, 0.1) is 12.8 Å². The fourth-order valence-electron chi connectivity index (χ4n) is 3.40. The molecule has 1 heterocycles. The van der Waals surface area contributed by atoms with Gasteiger partial charge >= 0.3 is 0 Å². The van der Waals surface area contributed by atoms with Gasteiger partial charge in [0.1, 0.15) is 5.75 Å². The summed E-state index contributed by atoms with van der Waals surface area (Å²) in [6.45, 7) is 6.38. The fraction of sp³-hybridized carbons (Fsp3) is 0.600. The van der Waals surface area contributed by atoms with Crippen LogP contribution in [0.3, 0.4) is 0 Å². The molecule has 0 aromatic heterocycles. The monoisotopic (exact) mass is 395 g/mol. The van der Waals surface area contributed by atoms with Gasteiger partial charge in [-0.3, -0.25) is 9.59 Å². The zero-order valence-electron chi connectivity index (χ0n) is 16.4. The Morgan fingerprint density at radius 3 is 2.67 bits per heavy atom. The van der Waals surface area contributed by atoms with Crippen molar-refractivity contribution in [2.45, 2.75) is 39.5 Å². The van der Waals surface area contributed by atoms with Crippen molar-refractivity contribution in [3.05, 3.63) is 22.7 Å².